The van der Waals surface area contributed by atoms with Crippen LogP contribution in [-0.4, -0.2) is 36.5 Å². The van der Waals surface area contributed by atoms with Crippen LogP contribution in [0.5, 0.6) is 5.75 Å². The van der Waals surface area contributed by atoms with E-state index < -0.39 is 7.12 Å². The lowest BCUT2D eigenvalue weighted by atomic mass is 9.83. The molecule has 2 aliphatic rings. The van der Waals surface area contributed by atoms with E-state index in [2.05, 4.69) is 10.3 Å². The fourth-order valence-corrected chi connectivity index (χ4v) is 2.18. The summed E-state index contributed by atoms with van der Waals surface area (Å²) < 4.78 is 18.1. The van der Waals surface area contributed by atoms with Crippen LogP contribution in [0.2, 0.25) is 0 Å². The average molecular weight is 290 g/mol. The number of nitrogens with zero attached hydrogens (tertiary/aromatic N) is 1. The SMILES string of the molecule is CNc1cnc(B2OC(C)(C)C(C)(C)O2)c(OC2CC2)c1. The van der Waals surface area contributed by atoms with Gasteiger partial charge in [-0.15, -0.1) is 0 Å². The lowest BCUT2D eigenvalue weighted by Crippen LogP contribution is -2.41. The molecule has 0 atom stereocenters. The van der Waals surface area contributed by atoms with Gasteiger partial charge in [0.15, 0.2) is 0 Å². The number of aromatic nitrogens is 1. The van der Waals surface area contributed by atoms with Gasteiger partial charge in [0.1, 0.15) is 11.3 Å². The lowest BCUT2D eigenvalue weighted by Gasteiger charge is -2.32. The molecule has 1 saturated heterocycles. The van der Waals surface area contributed by atoms with Gasteiger partial charge in [-0.2, -0.15) is 0 Å². The van der Waals surface area contributed by atoms with Crippen LogP contribution in [0, 0.1) is 0 Å². The molecule has 0 amide bonds. The summed E-state index contributed by atoms with van der Waals surface area (Å²) in [4.78, 5) is 4.51. The second-order valence-electron chi connectivity index (χ2n) is 6.76. The molecule has 1 aromatic heterocycles. The smallest absolute Gasteiger partial charge is 0.489 e. The lowest BCUT2D eigenvalue weighted by molar-refractivity contribution is 0.00578. The van der Waals surface area contributed by atoms with E-state index in [9.17, 15) is 0 Å². The highest BCUT2D eigenvalue weighted by atomic mass is 16.7. The Morgan fingerprint density at radius 1 is 1.24 bits per heavy atom. The molecule has 1 saturated carbocycles. The Balaban J connectivity index is 1.91. The minimum absolute atomic E-state index is 0.306. The largest absolute Gasteiger partial charge is 0.518 e. The van der Waals surface area contributed by atoms with Gasteiger partial charge in [0.05, 0.1) is 23.0 Å². The maximum absolute atomic E-state index is 6.08. The number of ether oxygens (including phenoxy) is 1. The molecule has 21 heavy (non-hydrogen) atoms. The van der Waals surface area contributed by atoms with E-state index >= 15 is 0 Å². The number of hydrogen-bond donors (Lipinski definition) is 1. The van der Waals surface area contributed by atoms with Crippen LogP contribution in [0.1, 0.15) is 40.5 Å². The van der Waals surface area contributed by atoms with E-state index in [1.807, 2.05) is 40.8 Å². The summed E-state index contributed by atoms with van der Waals surface area (Å²) in [7, 11) is 1.38. The van der Waals surface area contributed by atoms with Gasteiger partial charge in [-0.3, -0.25) is 4.98 Å². The first-order valence-electron chi connectivity index (χ1n) is 7.52. The zero-order chi connectivity index (χ0) is 15.3. The third-order valence-electron chi connectivity index (χ3n) is 4.46. The quantitative estimate of drug-likeness (QED) is 0.859. The van der Waals surface area contributed by atoms with Crippen LogP contribution >= 0.6 is 0 Å². The Labute approximate surface area is 126 Å². The molecule has 0 spiro atoms. The van der Waals surface area contributed by atoms with Crippen molar-refractivity contribution in [3.05, 3.63) is 12.3 Å². The highest BCUT2D eigenvalue weighted by Crippen LogP contribution is 2.37. The molecule has 0 radical (unpaired) electrons. The molecule has 1 aromatic rings. The first-order valence-corrected chi connectivity index (χ1v) is 7.52. The maximum atomic E-state index is 6.08. The monoisotopic (exact) mass is 290 g/mol. The molecular formula is C15H23BN2O3. The van der Waals surface area contributed by atoms with Gasteiger partial charge in [-0.05, 0) is 40.5 Å². The first kappa shape index (κ1) is 14.7. The van der Waals surface area contributed by atoms with Gasteiger partial charge in [-0.1, -0.05) is 0 Å². The van der Waals surface area contributed by atoms with E-state index in [0.717, 1.165) is 29.9 Å². The third kappa shape index (κ3) is 2.74. The standard InChI is InChI=1S/C15H23BN2O3/c1-14(2)15(3,4)21-16(20-14)13-12(19-11-6-7-11)8-10(17-5)9-18-13/h8-9,11,17H,6-7H2,1-5H3. The van der Waals surface area contributed by atoms with Gasteiger partial charge in [0, 0.05) is 19.3 Å². The van der Waals surface area contributed by atoms with Crippen molar-refractivity contribution < 1.29 is 14.0 Å². The molecule has 1 aliphatic carbocycles. The minimum Gasteiger partial charge on any atom is -0.489 e. The molecule has 3 rings (SSSR count). The summed E-state index contributed by atoms with van der Waals surface area (Å²) in [5.41, 5.74) is 0.890. The summed E-state index contributed by atoms with van der Waals surface area (Å²) >= 11 is 0. The van der Waals surface area contributed by atoms with Crippen LogP contribution in [-0.2, 0) is 9.31 Å². The average Bonchev–Trinajstić information content (AvgIpc) is 3.17. The van der Waals surface area contributed by atoms with Gasteiger partial charge >= 0.3 is 7.12 Å². The Morgan fingerprint density at radius 2 is 1.86 bits per heavy atom. The molecular weight excluding hydrogens is 267 g/mol. The number of pyridine rings is 1. The van der Waals surface area contributed by atoms with Crippen LogP contribution in [0.25, 0.3) is 0 Å². The maximum Gasteiger partial charge on any atom is 0.518 e. The van der Waals surface area contributed by atoms with Crippen LogP contribution in [0.4, 0.5) is 5.69 Å². The first-order chi connectivity index (χ1) is 9.82. The zero-order valence-electron chi connectivity index (χ0n) is 13.4. The molecule has 0 bridgehead atoms. The van der Waals surface area contributed by atoms with Crippen molar-refractivity contribution in [1.29, 1.82) is 0 Å². The predicted molar refractivity (Wildman–Crippen MR) is 83.1 cm³/mol. The van der Waals surface area contributed by atoms with Crippen molar-refractivity contribution in [3.8, 4) is 5.75 Å². The highest BCUT2D eigenvalue weighted by Gasteiger charge is 2.53. The molecule has 5 nitrogen and oxygen atoms in total. The topological polar surface area (TPSA) is 52.6 Å². The summed E-state index contributed by atoms with van der Waals surface area (Å²) in [5.74, 6) is 0.753. The van der Waals surface area contributed by atoms with Crippen LogP contribution in [0.15, 0.2) is 12.3 Å². The second-order valence-corrected chi connectivity index (χ2v) is 6.76. The van der Waals surface area contributed by atoms with E-state index in [4.69, 9.17) is 14.0 Å². The minimum atomic E-state index is -0.491. The van der Waals surface area contributed by atoms with Crippen LogP contribution in [0.3, 0.4) is 0 Å². The van der Waals surface area contributed by atoms with Gasteiger partial charge < -0.3 is 19.4 Å². The summed E-state index contributed by atoms with van der Waals surface area (Å²) in [5, 5.41) is 3.09. The zero-order valence-corrected chi connectivity index (χ0v) is 13.4. The Bertz CT molecular complexity index is 528. The summed E-state index contributed by atoms with van der Waals surface area (Å²) in [6.45, 7) is 8.15. The van der Waals surface area contributed by atoms with Gasteiger partial charge in [0.25, 0.3) is 0 Å². The van der Waals surface area contributed by atoms with Crippen molar-refractivity contribution in [2.24, 2.45) is 0 Å². The van der Waals surface area contributed by atoms with E-state index in [1.54, 1.807) is 6.20 Å². The van der Waals surface area contributed by atoms with Crippen molar-refractivity contribution >= 4 is 18.4 Å². The molecule has 0 unspecified atom stereocenters. The van der Waals surface area contributed by atoms with Gasteiger partial charge in [-0.25, -0.2) is 0 Å². The molecule has 1 aliphatic heterocycles. The summed E-state index contributed by atoms with van der Waals surface area (Å²) in [6, 6.07) is 1.96. The Hall–Kier alpha value is -1.27. The fourth-order valence-electron chi connectivity index (χ4n) is 2.18. The Morgan fingerprint density at radius 3 is 2.38 bits per heavy atom. The Kier molecular flexibility index (Phi) is 3.41. The molecule has 114 valence electrons. The third-order valence-corrected chi connectivity index (χ3v) is 4.46. The molecule has 0 aromatic carbocycles. The summed E-state index contributed by atoms with van der Waals surface area (Å²) in [6.07, 6.45) is 4.29. The number of rotatable bonds is 4. The van der Waals surface area contributed by atoms with Crippen LogP contribution < -0.4 is 15.6 Å². The normalized spacial score (nSPS) is 23.2. The molecule has 1 N–H and O–H groups in total. The molecule has 2 fully saturated rings. The van der Waals surface area contributed by atoms with Crippen molar-refractivity contribution in [2.45, 2.75) is 57.8 Å². The second kappa shape index (κ2) is 4.88. The number of nitrogens with one attached hydrogen (secondary N) is 1. The predicted octanol–water partition coefficient (Wildman–Crippen LogP) is 1.96. The highest BCUT2D eigenvalue weighted by molar-refractivity contribution is 6.62. The number of hydrogen-bond acceptors (Lipinski definition) is 5. The van der Waals surface area contributed by atoms with E-state index in [0.29, 0.717) is 6.10 Å². The van der Waals surface area contributed by atoms with Crippen molar-refractivity contribution in [1.82, 2.24) is 4.98 Å². The molecule has 2 heterocycles. The van der Waals surface area contributed by atoms with E-state index in [-0.39, 0.29) is 11.2 Å². The van der Waals surface area contributed by atoms with Crippen molar-refractivity contribution in [3.63, 3.8) is 0 Å². The van der Waals surface area contributed by atoms with Crippen molar-refractivity contribution in [2.75, 3.05) is 12.4 Å². The van der Waals surface area contributed by atoms with Gasteiger partial charge in [0.2, 0.25) is 0 Å². The fraction of sp³-hybridized carbons (Fsp3) is 0.667. The number of anilines is 1. The molecule has 6 heteroatoms. The van der Waals surface area contributed by atoms with E-state index in [1.165, 1.54) is 0 Å².